The number of sulfonamides is 1. The van der Waals surface area contributed by atoms with Crippen LogP contribution in [0.4, 0.5) is 5.69 Å². The Bertz CT molecular complexity index is 749. The Morgan fingerprint density at radius 1 is 1.35 bits per heavy atom. The first-order chi connectivity index (χ1) is 10.9. The van der Waals surface area contributed by atoms with E-state index in [1.807, 2.05) is 0 Å². The lowest BCUT2D eigenvalue weighted by molar-refractivity contribution is -0.143. The molecule has 0 saturated carbocycles. The summed E-state index contributed by atoms with van der Waals surface area (Å²) in [6.07, 6.45) is 0.121. The summed E-state index contributed by atoms with van der Waals surface area (Å²) < 4.78 is 30.9. The Morgan fingerprint density at radius 3 is 2.78 bits per heavy atom. The Kier molecular flexibility index (Phi) is 3.88. The average molecular weight is 339 g/mol. The number of hydrogen-bond acceptors (Lipinski definition) is 5. The van der Waals surface area contributed by atoms with Gasteiger partial charge >= 0.3 is 0 Å². The molecule has 1 aromatic carbocycles. The normalized spacial score (nSPS) is 21.3. The van der Waals surface area contributed by atoms with Gasteiger partial charge in [-0.05, 0) is 12.1 Å². The molecule has 1 unspecified atom stereocenters. The molecule has 2 amide bonds. The monoisotopic (exact) mass is 339 g/mol. The van der Waals surface area contributed by atoms with Crippen molar-refractivity contribution in [3.05, 3.63) is 24.3 Å². The number of nitrogens with zero attached hydrogens (tertiary/aromatic N) is 2. The second kappa shape index (κ2) is 5.73. The van der Waals surface area contributed by atoms with Crippen molar-refractivity contribution in [2.24, 2.45) is 0 Å². The molecular formula is C14H17N3O5S. The highest BCUT2D eigenvalue weighted by Gasteiger charge is 2.37. The second-order valence-electron chi connectivity index (χ2n) is 5.48. The van der Waals surface area contributed by atoms with Crippen molar-refractivity contribution >= 4 is 27.5 Å². The maximum absolute atomic E-state index is 12.6. The van der Waals surface area contributed by atoms with Gasteiger partial charge in [-0.25, -0.2) is 8.42 Å². The number of para-hydroxylation sites is 2. The van der Waals surface area contributed by atoms with Crippen molar-refractivity contribution in [3.63, 3.8) is 0 Å². The van der Waals surface area contributed by atoms with E-state index in [0.29, 0.717) is 24.5 Å². The molecule has 1 atom stereocenters. The summed E-state index contributed by atoms with van der Waals surface area (Å²) in [7, 11) is -3.54. The van der Waals surface area contributed by atoms with Crippen LogP contribution in [0.25, 0.3) is 0 Å². The molecule has 9 heteroatoms. The summed E-state index contributed by atoms with van der Waals surface area (Å²) in [4.78, 5) is 25.4. The van der Waals surface area contributed by atoms with Crippen molar-refractivity contribution in [2.75, 3.05) is 36.7 Å². The highest BCUT2D eigenvalue weighted by Crippen LogP contribution is 2.34. The van der Waals surface area contributed by atoms with Gasteiger partial charge < -0.3 is 15.0 Å². The third kappa shape index (κ3) is 3.09. The number of benzene rings is 1. The highest BCUT2D eigenvalue weighted by molar-refractivity contribution is 7.92. The van der Waals surface area contributed by atoms with E-state index in [9.17, 15) is 18.0 Å². The second-order valence-corrected chi connectivity index (χ2v) is 7.38. The van der Waals surface area contributed by atoms with E-state index in [-0.39, 0.29) is 24.9 Å². The van der Waals surface area contributed by atoms with Crippen LogP contribution in [0.2, 0.25) is 0 Å². The number of carbonyl (C=O) groups excluding carboxylic acids is 2. The molecule has 0 spiro atoms. The predicted octanol–water partition coefficient (Wildman–Crippen LogP) is -0.828. The molecule has 23 heavy (non-hydrogen) atoms. The van der Waals surface area contributed by atoms with Crippen molar-refractivity contribution in [3.8, 4) is 5.75 Å². The van der Waals surface area contributed by atoms with Crippen LogP contribution in [0.15, 0.2) is 24.3 Å². The lowest BCUT2D eigenvalue weighted by Crippen LogP contribution is -2.57. The van der Waals surface area contributed by atoms with E-state index in [4.69, 9.17) is 4.74 Å². The first kappa shape index (κ1) is 15.6. The first-order valence-electron chi connectivity index (χ1n) is 7.15. The van der Waals surface area contributed by atoms with Crippen LogP contribution in [0.3, 0.4) is 0 Å². The van der Waals surface area contributed by atoms with Gasteiger partial charge in [0, 0.05) is 13.1 Å². The quantitative estimate of drug-likeness (QED) is 0.759. The molecule has 0 aliphatic carbocycles. The van der Waals surface area contributed by atoms with Crippen LogP contribution in [-0.2, 0) is 19.6 Å². The van der Waals surface area contributed by atoms with Gasteiger partial charge in [-0.3, -0.25) is 13.9 Å². The maximum atomic E-state index is 12.6. The molecule has 0 aromatic heterocycles. The minimum absolute atomic E-state index is 0.0424. The Balaban J connectivity index is 1.88. The first-order valence-corrected chi connectivity index (χ1v) is 9.00. The summed E-state index contributed by atoms with van der Waals surface area (Å²) >= 11 is 0. The minimum atomic E-state index is -3.54. The van der Waals surface area contributed by atoms with Crippen LogP contribution in [-0.4, -0.2) is 63.7 Å². The molecule has 2 aliphatic rings. The maximum Gasteiger partial charge on any atom is 0.266 e. The minimum Gasteiger partial charge on any atom is -0.476 e. The lowest BCUT2D eigenvalue weighted by atomic mass is 10.2. The Hall–Kier alpha value is -2.29. The number of amides is 2. The number of ether oxygens (including phenoxy) is 1. The van der Waals surface area contributed by atoms with Gasteiger partial charge in [0.2, 0.25) is 15.9 Å². The van der Waals surface area contributed by atoms with Gasteiger partial charge in [0.15, 0.2) is 6.10 Å². The largest absolute Gasteiger partial charge is 0.476 e. The van der Waals surface area contributed by atoms with Crippen LogP contribution in [0.5, 0.6) is 5.75 Å². The van der Waals surface area contributed by atoms with Crippen molar-refractivity contribution < 1.29 is 22.7 Å². The van der Waals surface area contributed by atoms with Crippen LogP contribution in [0.1, 0.15) is 0 Å². The summed E-state index contributed by atoms with van der Waals surface area (Å²) in [5.41, 5.74) is 0.412. The molecule has 124 valence electrons. The van der Waals surface area contributed by atoms with Gasteiger partial charge in [0.25, 0.3) is 5.91 Å². The van der Waals surface area contributed by atoms with Crippen molar-refractivity contribution in [2.45, 2.75) is 6.10 Å². The van der Waals surface area contributed by atoms with E-state index in [0.717, 1.165) is 6.26 Å². The molecule has 0 radical (unpaired) electrons. The van der Waals surface area contributed by atoms with Crippen LogP contribution in [0, 0.1) is 0 Å². The van der Waals surface area contributed by atoms with Crippen LogP contribution < -0.4 is 14.4 Å². The molecule has 1 fully saturated rings. The fourth-order valence-corrected chi connectivity index (χ4v) is 3.59. The number of fused-ring (bicyclic) bond motifs is 1. The zero-order valence-corrected chi connectivity index (χ0v) is 13.4. The number of nitrogens with one attached hydrogen (secondary N) is 1. The smallest absolute Gasteiger partial charge is 0.266 e. The van der Waals surface area contributed by atoms with Gasteiger partial charge in [-0.15, -0.1) is 0 Å². The van der Waals surface area contributed by atoms with Gasteiger partial charge in [0.1, 0.15) is 5.75 Å². The SMILES string of the molecule is CS(=O)(=O)N1CC(C(=O)N2CCNC(=O)C2)Oc2ccccc21. The fraction of sp³-hybridized carbons (Fsp3) is 0.429. The molecule has 1 N–H and O–H groups in total. The van der Waals surface area contributed by atoms with Crippen molar-refractivity contribution in [1.82, 2.24) is 10.2 Å². The van der Waals surface area contributed by atoms with E-state index < -0.39 is 16.1 Å². The van der Waals surface area contributed by atoms with E-state index in [2.05, 4.69) is 5.32 Å². The number of piperazine rings is 1. The molecule has 1 saturated heterocycles. The molecule has 3 rings (SSSR count). The number of rotatable bonds is 2. The summed E-state index contributed by atoms with van der Waals surface area (Å²) in [6, 6.07) is 6.67. The zero-order valence-electron chi connectivity index (χ0n) is 12.6. The van der Waals surface area contributed by atoms with Gasteiger partial charge in [-0.1, -0.05) is 12.1 Å². The lowest BCUT2D eigenvalue weighted by Gasteiger charge is -2.36. The molecule has 0 bridgehead atoms. The third-order valence-corrected chi connectivity index (χ3v) is 4.91. The van der Waals surface area contributed by atoms with E-state index in [1.54, 1.807) is 24.3 Å². The van der Waals surface area contributed by atoms with Gasteiger partial charge in [-0.2, -0.15) is 0 Å². The van der Waals surface area contributed by atoms with Gasteiger partial charge in [0.05, 0.1) is 25.0 Å². The summed E-state index contributed by atoms with van der Waals surface area (Å²) in [5.74, 6) is -0.284. The van der Waals surface area contributed by atoms with E-state index >= 15 is 0 Å². The molecule has 8 nitrogen and oxygen atoms in total. The Morgan fingerprint density at radius 2 is 2.09 bits per heavy atom. The van der Waals surface area contributed by atoms with Crippen molar-refractivity contribution in [1.29, 1.82) is 0 Å². The highest BCUT2D eigenvalue weighted by atomic mass is 32.2. The Labute approximate surface area is 134 Å². The molecular weight excluding hydrogens is 322 g/mol. The summed E-state index contributed by atoms with van der Waals surface area (Å²) in [5, 5.41) is 2.64. The van der Waals surface area contributed by atoms with E-state index in [1.165, 1.54) is 9.21 Å². The predicted molar refractivity (Wildman–Crippen MR) is 82.6 cm³/mol. The fourth-order valence-electron chi connectivity index (χ4n) is 2.68. The average Bonchev–Trinajstić information content (AvgIpc) is 2.52. The molecule has 2 heterocycles. The number of carbonyl (C=O) groups is 2. The summed E-state index contributed by atoms with van der Waals surface area (Å²) in [6.45, 7) is 0.612. The topological polar surface area (TPSA) is 96.0 Å². The number of hydrogen-bond donors (Lipinski definition) is 1. The molecule has 1 aromatic rings. The van der Waals surface area contributed by atoms with Crippen LogP contribution >= 0.6 is 0 Å². The standard InChI is InChI=1S/C14H17N3O5S/c1-23(20,21)17-8-12(22-11-5-3-2-4-10(11)17)14(19)16-7-6-15-13(18)9-16/h2-5,12H,6-9H2,1H3,(H,15,18). The third-order valence-electron chi connectivity index (χ3n) is 3.76. The zero-order chi connectivity index (χ0) is 16.6. The molecule has 2 aliphatic heterocycles. The number of anilines is 1.